The molecule has 0 amide bonds. The van der Waals surface area contributed by atoms with Crippen LogP contribution in [0.3, 0.4) is 0 Å². The maximum Gasteiger partial charge on any atom is 0.231 e. The van der Waals surface area contributed by atoms with Gasteiger partial charge in [0.1, 0.15) is 5.82 Å². The zero-order valence-corrected chi connectivity index (χ0v) is 12.2. The third-order valence-electron chi connectivity index (χ3n) is 3.66. The van der Waals surface area contributed by atoms with E-state index in [-0.39, 0.29) is 6.79 Å². The van der Waals surface area contributed by atoms with Gasteiger partial charge in [0.2, 0.25) is 6.79 Å². The van der Waals surface area contributed by atoms with Crippen LogP contribution in [0.25, 0.3) is 22.4 Å². The first-order valence-electron chi connectivity index (χ1n) is 6.82. The van der Waals surface area contributed by atoms with E-state index in [1.165, 1.54) is 0 Å². The number of para-hydroxylation sites is 2. The highest BCUT2D eigenvalue weighted by atomic mass is 35.5. The number of hydrogen-bond acceptors (Lipinski definition) is 3. The number of fused-ring (bicyclic) bond motifs is 2. The van der Waals surface area contributed by atoms with Crippen LogP contribution in [-0.4, -0.2) is 16.3 Å². The Morgan fingerprint density at radius 2 is 2.10 bits per heavy atom. The lowest BCUT2D eigenvalue weighted by Gasteiger charge is -2.08. The van der Waals surface area contributed by atoms with Crippen LogP contribution >= 0.6 is 11.6 Å². The Bertz CT molecular complexity index is 842. The molecule has 0 aliphatic carbocycles. The summed E-state index contributed by atoms with van der Waals surface area (Å²) in [5.74, 6) is 2.17. The zero-order chi connectivity index (χ0) is 14.4. The third-order valence-corrected chi connectivity index (χ3v) is 3.94. The molecule has 106 valence electrons. The molecule has 0 bridgehead atoms. The van der Waals surface area contributed by atoms with E-state index in [2.05, 4.69) is 17.6 Å². The lowest BCUT2D eigenvalue weighted by molar-refractivity contribution is 0.174. The average Bonchev–Trinajstić information content (AvgIpc) is 3.10. The van der Waals surface area contributed by atoms with Crippen molar-refractivity contribution in [3.63, 3.8) is 0 Å². The monoisotopic (exact) mass is 300 g/mol. The van der Waals surface area contributed by atoms with Gasteiger partial charge in [-0.1, -0.05) is 23.7 Å². The molecule has 1 aromatic heterocycles. The van der Waals surface area contributed by atoms with E-state index in [4.69, 9.17) is 26.1 Å². The summed E-state index contributed by atoms with van der Waals surface area (Å²) in [4.78, 5) is 4.73. The molecule has 0 saturated heterocycles. The van der Waals surface area contributed by atoms with Crippen molar-refractivity contribution >= 4 is 22.6 Å². The molecule has 0 N–H and O–H groups in total. The van der Waals surface area contributed by atoms with E-state index in [9.17, 15) is 0 Å². The van der Waals surface area contributed by atoms with Gasteiger partial charge in [0.05, 0.1) is 16.1 Å². The molecule has 0 unspecified atom stereocenters. The fraction of sp³-hybridized carbons (Fsp3) is 0.188. The number of aromatic nitrogens is 2. The molecule has 0 spiro atoms. The zero-order valence-electron chi connectivity index (χ0n) is 11.5. The lowest BCUT2D eigenvalue weighted by Crippen LogP contribution is -1.97. The number of imidazole rings is 1. The second-order valence-electron chi connectivity index (χ2n) is 4.86. The van der Waals surface area contributed by atoms with Crippen molar-refractivity contribution in [3.8, 4) is 22.9 Å². The largest absolute Gasteiger partial charge is 0.454 e. The Labute approximate surface area is 126 Å². The van der Waals surface area contributed by atoms with Gasteiger partial charge in [0.25, 0.3) is 0 Å². The summed E-state index contributed by atoms with van der Waals surface area (Å²) >= 11 is 6.28. The molecular weight excluding hydrogens is 288 g/mol. The minimum absolute atomic E-state index is 0.211. The summed E-state index contributed by atoms with van der Waals surface area (Å²) in [6, 6.07) is 11.9. The first-order valence-corrected chi connectivity index (χ1v) is 7.20. The normalized spacial score (nSPS) is 13.0. The van der Waals surface area contributed by atoms with Gasteiger partial charge in [-0.2, -0.15) is 0 Å². The minimum atomic E-state index is 0.211. The number of ether oxygens (including phenoxy) is 2. The fourth-order valence-electron chi connectivity index (χ4n) is 2.71. The van der Waals surface area contributed by atoms with E-state index in [1.54, 1.807) is 0 Å². The number of rotatable bonds is 2. The third kappa shape index (κ3) is 1.87. The lowest BCUT2D eigenvalue weighted by atomic mass is 10.2. The van der Waals surface area contributed by atoms with Crippen molar-refractivity contribution < 1.29 is 9.47 Å². The van der Waals surface area contributed by atoms with E-state index < -0.39 is 0 Å². The Balaban J connectivity index is 1.96. The van der Waals surface area contributed by atoms with Gasteiger partial charge in [-0.3, -0.25) is 0 Å². The summed E-state index contributed by atoms with van der Waals surface area (Å²) in [6.07, 6.45) is 0. The summed E-state index contributed by atoms with van der Waals surface area (Å²) in [7, 11) is 0. The van der Waals surface area contributed by atoms with Gasteiger partial charge >= 0.3 is 0 Å². The average molecular weight is 301 g/mol. The molecule has 2 heterocycles. The molecule has 4 nitrogen and oxygen atoms in total. The SMILES string of the molecule is CCn1c(-c2cc(Cl)c3c(c2)OCO3)nc2ccccc21. The summed E-state index contributed by atoms with van der Waals surface area (Å²) in [6.45, 7) is 3.15. The van der Waals surface area contributed by atoms with Crippen molar-refractivity contribution in [3.05, 3.63) is 41.4 Å². The van der Waals surface area contributed by atoms with Gasteiger partial charge in [0.15, 0.2) is 11.5 Å². The standard InChI is InChI=1S/C16H13ClN2O2/c1-2-19-13-6-4-3-5-12(13)18-16(19)10-7-11(17)15-14(8-10)20-9-21-15/h3-8H,2,9H2,1H3. The molecule has 0 atom stereocenters. The quantitative estimate of drug-likeness (QED) is 0.715. The van der Waals surface area contributed by atoms with E-state index in [0.29, 0.717) is 16.5 Å². The predicted octanol–water partition coefficient (Wildman–Crippen LogP) is 4.11. The first kappa shape index (κ1) is 12.5. The van der Waals surface area contributed by atoms with Gasteiger partial charge in [-0.15, -0.1) is 0 Å². The molecule has 1 aliphatic rings. The Kier molecular flexibility index (Phi) is 2.79. The topological polar surface area (TPSA) is 36.3 Å². The molecule has 2 aromatic carbocycles. The molecule has 4 rings (SSSR count). The maximum absolute atomic E-state index is 6.28. The Morgan fingerprint density at radius 3 is 2.95 bits per heavy atom. The van der Waals surface area contributed by atoms with E-state index in [1.807, 2.05) is 30.3 Å². The predicted molar refractivity (Wildman–Crippen MR) is 82.0 cm³/mol. The van der Waals surface area contributed by atoms with Crippen molar-refractivity contribution in [2.24, 2.45) is 0 Å². The van der Waals surface area contributed by atoms with Crippen LogP contribution in [0.1, 0.15) is 6.92 Å². The van der Waals surface area contributed by atoms with Gasteiger partial charge < -0.3 is 14.0 Å². The highest BCUT2D eigenvalue weighted by molar-refractivity contribution is 6.32. The molecule has 0 saturated carbocycles. The molecule has 5 heteroatoms. The summed E-state index contributed by atoms with van der Waals surface area (Å²) < 4.78 is 13.0. The van der Waals surface area contributed by atoms with Crippen molar-refractivity contribution in [1.82, 2.24) is 9.55 Å². The van der Waals surface area contributed by atoms with Crippen molar-refractivity contribution in [2.45, 2.75) is 13.5 Å². The minimum Gasteiger partial charge on any atom is -0.454 e. The fourth-order valence-corrected chi connectivity index (χ4v) is 2.98. The Hall–Kier alpha value is -2.20. The molecule has 21 heavy (non-hydrogen) atoms. The molecular formula is C16H13ClN2O2. The van der Waals surface area contributed by atoms with E-state index in [0.717, 1.165) is 29.0 Å². The molecule has 3 aromatic rings. The number of nitrogens with zero attached hydrogens (tertiary/aromatic N) is 2. The van der Waals surface area contributed by atoms with Gasteiger partial charge in [-0.25, -0.2) is 4.98 Å². The Morgan fingerprint density at radius 1 is 1.24 bits per heavy atom. The van der Waals surface area contributed by atoms with Crippen LogP contribution in [0, 0.1) is 0 Å². The van der Waals surface area contributed by atoms with Crippen molar-refractivity contribution in [2.75, 3.05) is 6.79 Å². The second-order valence-corrected chi connectivity index (χ2v) is 5.27. The van der Waals surface area contributed by atoms with Crippen LogP contribution in [0.5, 0.6) is 11.5 Å². The van der Waals surface area contributed by atoms with Crippen LogP contribution in [0.15, 0.2) is 36.4 Å². The molecule has 1 aliphatic heterocycles. The first-order chi connectivity index (χ1) is 10.3. The smallest absolute Gasteiger partial charge is 0.231 e. The highest BCUT2D eigenvalue weighted by Gasteiger charge is 2.21. The number of aryl methyl sites for hydroxylation is 1. The van der Waals surface area contributed by atoms with Crippen LogP contribution in [0.4, 0.5) is 0 Å². The highest BCUT2D eigenvalue weighted by Crippen LogP contribution is 2.42. The molecule has 0 radical (unpaired) electrons. The van der Waals surface area contributed by atoms with Crippen LogP contribution in [0.2, 0.25) is 5.02 Å². The van der Waals surface area contributed by atoms with Gasteiger partial charge in [0, 0.05) is 12.1 Å². The summed E-state index contributed by atoms with van der Waals surface area (Å²) in [5, 5.41) is 0.551. The number of benzene rings is 2. The van der Waals surface area contributed by atoms with E-state index >= 15 is 0 Å². The number of halogens is 1. The maximum atomic E-state index is 6.28. The summed E-state index contributed by atoms with van der Waals surface area (Å²) in [5.41, 5.74) is 3.02. The van der Waals surface area contributed by atoms with Gasteiger partial charge in [-0.05, 0) is 31.2 Å². The van der Waals surface area contributed by atoms with Crippen LogP contribution in [-0.2, 0) is 6.54 Å². The molecule has 0 fully saturated rings. The second kappa shape index (κ2) is 4.67. The van der Waals surface area contributed by atoms with Crippen LogP contribution < -0.4 is 9.47 Å². The number of hydrogen-bond donors (Lipinski definition) is 0. The van der Waals surface area contributed by atoms with Crippen molar-refractivity contribution in [1.29, 1.82) is 0 Å².